The van der Waals surface area contributed by atoms with Gasteiger partial charge in [-0.25, -0.2) is 9.13 Å². The summed E-state index contributed by atoms with van der Waals surface area (Å²) in [6.45, 7) is 13.8. The summed E-state index contributed by atoms with van der Waals surface area (Å²) in [4.78, 5) is 72.0. The van der Waals surface area contributed by atoms with E-state index in [4.69, 9.17) is 37.0 Å². The fourth-order valence-corrected chi connectivity index (χ4v) is 10.4. The smallest absolute Gasteiger partial charge is 0.462 e. The predicted molar refractivity (Wildman–Crippen MR) is 317 cm³/mol. The van der Waals surface area contributed by atoms with E-state index in [9.17, 15) is 43.2 Å². The molecular formula is C61H118O17P2. The summed E-state index contributed by atoms with van der Waals surface area (Å²) >= 11 is 0. The summed E-state index contributed by atoms with van der Waals surface area (Å²) in [6, 6.07) is 0. The zero-order chi connectivity index (χ0) is 59.7. The quantitative estimate of drug-likeness (QED) is 0.0222. The molecule has 17 nitrogen and oxygen atoms in total. The van der Waals surface area contributed by atoms with E-state index < -0.39 is 97.5 Å². The molecule has 0 radical (unpaired) electrons. The normalized spacial score (nSPS) is 14.9. The summed E-state index contributed by atoms with van der Waals surface area (Å²) in [6.07, 6.45) is 29.7. The number of ether oxygens (including phenoxy) is 4. The fourth-order valence-electron chi connectivity index (χ4n) is 8.87. The van der Waals surface area contributed by atoms with Crippen LogP contribution in [-0.4, -0.2) is 96.7 Å². The first-order valence-electron chi connectivity index (χ1n) is 31.7. The number of hydrogen-bond acceptors (Lipinski definition) is 15. The average Bonchev–Trinajstić information content (AvgIpc) is 3.40. The van der Waals surface area contributed by atoms with Crippen LogP contribution in [0.3, 0.4) is 0 Å². The van der Waals surface area contributed by atoms with E-state index in [1.807, 2.05) is 0 Å². The van der Waals surface area contributed by atoms with Crippen molar-refractivity contribution in [2.45, 2.75) is 305 Å². The van der Waals surface area contributed by atoms with Crippen LogP contribution in [0.25, 0.3) is 0 Å². The van der Waals surface area contributed by atoms with Crippen LogP contribution < -0.4 is 0 Å². The van der Waals surface area contributed by atoms with Crippen LogP contribution in [0.4, 0.5) is 0 Å². The molecule has 3 N–H and O–H groups in total. The Morgan fingerprint density at radius 2 is 0.600 bits per heavy atom. The highest BCUT2D eigenvalue weighted by atomic mass is 31.2. The second-order valence-corrected chi connectivity index (χ2v) is 26.7. The lowest BCUT2D eigenvalue weighted by molar-refractivity contribution is -0.161. The maximum absolute atomic E-state index is 12.9. The van der Waals surface area contributed by atoms with Crippen LogP contribution in [0, 0.1) is 23.7 Å². The van der Waals surface area contributed by atoms with Gasteiger partial charge < -0.3 is 33.8 Å². The minimum atomic E-state index is -4.94. The topological polar surface area (TPSA) is 237 Å². The third-order valence-electron chi connectivity index (χ3n) is 14.2. The molecule has 0 saturated heterocycles. The van der Waals surface area contributed by atoms with E-state index >= 15 is 0 Å². The molecule has 6 atom stereocenters. The van der Waals surface area contributed by atoms with E-state index in [1.165, 1.54) is 77.0 Å². The summed E-state index contributed by atoms with van der Waals surface area (Å²) in [5.41, 5.74) is 0. The van der Waals surface area contributed by atoms with Crippen LogP contribution >= 0.6 is 15.6 Å². The SMILES string of the molecule is CCC(C)CCCCCCCCC(=O)O[C@H](COC(=O)CCCCCCCCCC(C)C)COP(=O)(O)OC[C@@H](O)COP(=O)(O)OC[C@@H](COC(=O)CCCCCCCCC(C)C)OC(=O)CCCCCCCCCCC(C)C. The fraction of sp³-hybridized carbons (Fsp3) is 0.934. The number of hydrogen-bond donors (Lipinski definition) is 3. The average molecular weight is 1190 g/mol. The number of unbranched alkanes of at least 4 members (excludes halogenated alkanes) is 23. The van der Waals surface area contributed by atoms with Crippen LogP contribution in [0.5, 0.6) is 0 Å². The molecule has 0 rings (SSSR count). The van der Waals surface area contributed by atoms with Crippen molar-refractivity contribution in [1.29, 1.82) is 0 Å². The van der Waals surface area contributed by atoms with Crippen molar-refractivity contribution in [2.24, 2.45) is 23.7 Å². The van der Waals surface area contributed by atoms with Gasteiger partial charge in [0.1, 0.15) is 19.3 Å². The third kappa shape index (κ3) is 54.0. The second-order valence-electron chi connectivity index (χ2n) is 23.8. The number of esters is 4. The van der Waals surface area contributed by atoms with Gasteiger partial charge in [-0.05, 0) is 49.4 Å². The Hall–Kier alpha value is -1.94. The molecule has 19 heteroatoms. The molecule has 0 aliphatic carbocycles. The van der Waals surface area contributed by atoms with Gasteiger partial charge in [0.15, 0.2) is 12.2 Å². The molecule has 0 aliphatic heterocycles. The highest BCUT2D eigenvalue weighted by Crippen LogP contribution is 2.45. The van der Waals surface area contributed by atoms with Crippen LogP contribution in [0.15, 0.2) is 0 Å². The Morgan fingerprint density at radius 1 is 0.350 bits per heavy atom. The van der Waals surface area contributed by atoms with Gasteiger partial charge >= 0.3 is 39.5 Å². The Balaban J connectivity index is 5.26. The maximum atomic E-state index is 12.9. The molecule has 0 aromatic rings. The number of aliphatic hydroxyl groups is 1. The van der Waals surface area contributed by atoms with Crippen molar-refractivity contribution in [3.63, 3.8) is 0 Å². The lowest BCUT2D eigenvalue weighted by Crippen LogP contribution is -2.30. The van der Waals surface area contributed by atoms with E-state index in [0.29, 0.717) is 37.5 Å². The molecule has 0 amide bonds. The van der Waals surface area contributed by atoms with E-state index in [1.54, 1.807) is 0 Å². The van der Waals surface area contributed by atoms with Crippen LogP contribution in [0.1, 0.15) is 287 Å². The molecule has 0 aromatic heterocycles. The third-order valence-corrected chi connectivity index (χ3v) is 16.1. The summed E-state index contributed by atoms with van der Waals surface area (Å²) in [7, 11) is -9.88. The second kappa shape index (κ2) is 51.5. The van der Waals surface area contributed by atoms with Gasteiger partial charge in [0.05, 0.1) is 26.4 Å². The Morgan fingerprint density at radius 3 is 0.887 bits per heavy atom. The van der Waals surface area contributed by atoms with Gasteiger partial charge in [-0.3, -0.25) is 37.3 Å². The number of rotatable bonds is 58. The van der Waals surface area contributed by atoms with E-state index in [-0.39, 0.29) is 25.7 Å². The van der Waals surface area contributed by atoms with Crippen molar-refractivity contribution < 1.29 is 80.2 Å². The largest absolute Gasteiger partial charge is 0.472 e. The van der Waals surface area contributed by atoms with Crippen LogP contribution in [0.2, 0.25) is 0 Å². The Kier molecular flexibility index (Phi) is 50.2. The van der Waals surface area contributed by atoms with Gasteiger partial charge in [-0.2, -0.15) is 0 Å². The lowest BCUT2D eigenvalue weighted by Gasteiger charge is -2.21. The van der Waals surface area contributed by atoms with Crippen molar-refractivity contribution in [3.05, 3.63) is 0 Å². The molecule has 0 aromatic carbocycles. The van der Waals surface area contributed by atoms with Crippen LogP contribution in [-0.2, 0) is 65.4 Å². The molecule has 0 spiro atoms. The van der Waals surface area contributed by atoms with E-state index in [0.717, 1.165) is 115 Å². The molecule has 0 saturated carbocycles. The minimum absolute atomic E-state index is 0.101. The number of carbonyl (C=O) groups excluding carboxylic acids is 4. The number of phosphoric acid groups is 2. The van der Waals surface area contributed by atoms with Crippen molar-refractivity contribution in [2.75, 3.05) is 39.6 Å². The standard InChI is InChI=1S/C61H118O17P2/c1-9-54(8)40-32-24-18-20-28-36-44-61(66)78-57(47-71-58(63)41-33-25-16-12-14-22-30-38-52(4)5)50-76-80(69,70)74-46-55(62)45-73-79(67,68)75-49-56(48-72-59(64)42-34-26-19-17-23-31-39-53(6)7)77-60(65)43-35-27-15-11-10-13-21-29-37-51(2)3/h51-57,62H,9-50H2,1-8H3,(H,67,68)(H,69,70)/t54?,55-,56+,57+/m0/s1. The maximum Gasteiger partial charge on any atom is 0.472 e. The summed E-state index contributed by atoms with van der Waals surface area (Å²) in [5.74, 6) is 0.674. The molecular weight excluding hydrogens is 1070 g/mol. The summed E-state index contributed by atoms with van der Waals surface area (Å²) < 4.78 is 67.8. The first-order valence-corrected chi connectivity index (χ1v) is 34.7. The molecule has 0 fully saturated rings. The highest BCUT2D eigenvalue weighted by Gasteiger charge is 2.30. The monoisotopic (exact) mass is 1180 g/mol. The predicted octanol–water partition coefficient (Wildman–Crippen LogP) is 16.2. The molecule has 0 bridgehead atoms. The zero-order valence-electron chi connectivity index (χ0n) is 51.7. The number of phosphoric ester groups is 2. The Bertz CT molecular complexity index is 1610. The van der Waals surface area contributed by atoms with Crippen molar-refractivity contribution in [3.8, 4) is 0 Å². The first kappa shape index (κ1) is 78.1. The van der Waals surface area contributed by atoms with Gasteiger partial charge in [-0.15, -0.1) is 0 Å². The van der Waals surface area contributed by atoms with Crippen molar-refractivity contribution >= 4 is 39.5 Å². The molecule has 80 heavy (non-hydrogen) atoms. The van der Waals surface area contributed by atoms with Gasteiger partial charge in [0, 0.05) is 25.7 Å². The van der Waals surface area contributed by atoms with E-state index in [2.05, 4.69) is 55.4 Å². The molecule has 3 unspecified atom stereocenters. The first-order chi connectivity index (χ1) is 38.1. The molecule has 0 aliphatic rings. The number of aliphatic hydroxyl groups excluding tert-OH is 1. The molecule has 474 valence electrons. The lowest BCUT2D eigenvalue weighted by atomic mass is 10.00. The van der Waals surface area contributed by atoms with Gasteiger partial charge in [0.25, 0.3) is 0 Å². The highest BCUT2D eigenvalue weighted by molar-refractivity contribution is 7.47. The zero-order valence-corrected chi connectivity index (χ0v) is 53.5. The van der Waals surface area contributed by atoms with Gasteiger partial charge in [0.2, 0.25) is 0 Å². The Labute approximate surface area is 486 Å². The molecule has 0 heterocycles. The van der Waals surface area contributed by atoms with Gasteiger partial charge in [-0.1, -0.05) is 235 Å². The van der Waals surface area contributed by atoms with Crippen molar-refractivity contribution in [1.82, 2.24) is 0 Å². The summed E-state index contributed by atoms with van der Waals surface area (Å²) in [5, 5.41) is 10.5. The minimum Gasteiger partial charge on any atom is -0.462 e. The number of carbonyl (C=O) groups is 4.